The summed E-state index contributed by atoms with van der Waals surface area (Å²) in [4.78, 5) is 6.98. The standard InChI is InChI=1S/C16H26N2O2/c1-11-12(2)20-16(17-11)10-18-9-5-7-14(18)13-6-3-4-8-15(13)19/h13-15,19H,3-10H2,1-2H3/t13-,14-,15+/m1/s1. The lowest BCUT2D eigenvalue weighted by atomic mass is 9.80. The summed E-state index contributed by atoms with van der Waals surface area (Å²) in [6, 6.07) is 0.512. The van der Waals surface area contributed by atoms with Crippen LogP contribution in [0.15, 0.2) is 4.42 Å². The summed E-state index contributed by atoms with van der Waals surface area (Å²) in [7, 11) is 0. The molecule has 1 aliphatic carbocycles. The summed E-state index contributed by atoms with van der Waals surface area (Å²) in [5, 5.41) is 10.3. The second kappa shape index (κ2) is 5.86. The van der Waals surface area contributed by atoms with Crippen molar-refractivity contribution < 1.29 is 9.52 Å². The van der Waals surface area contributed by atoms with Crippen LogP contribution in [0.5, 0.6) is 0 Å². The van der Waals surface area contributed by atoms with Gasteiger partial charge in [0.1, 0.15) is 5.76 Å². The van der Waals surface area contributed by atoms with Crippen LogP contribution in [0.3, 0.4) is 0 Å². The van der Waals surface area contributed by atoms with Crippen molar-refractivity contribution in [3.05, 3.63) is 17.3 Å². The Bertz CT molecular complexity index is 438. The van der Waals surface area contributed by atoms with Gasteiger partial charge in [0.2, 0.25) is 5.89 Å². The van der Waals surface area contributed by atoms with E-state index in [2.05, 4.69) is 9.88 Å². The second-order valence-electron chi connectivity index (χ2n) is 6.44. The fourth-order valence-electron chi connectivity index (χ4n) is 3.90. The third-order valence-corrected chi connectivity index (χ3v) is 5.10. The van der Waals surface area contributed by atoms with Gasteiger partial charge in [0.15, 0.2) is 0 Å². The van der Waals surface area contributed by atoms with Crippen LogP contribution >= 0.6 is 0 Å². The summed E-state index contributed by atoms with van der Waals surface area (Å²) < 4.78 is 5.72. The minimum Gasteiger partial charge on any atom is -0.444 e. The topological polar surface area (TPSA) is 49.5 Å². The molecule has 3 rings (SSSR count). The lowest BCUT2D eigenvalue weighted by Crippen LogP contribution is -2.42. The summed E-state index contributed by atoms with van der Waals surface area (Å²) >= 11 is 0. The Balaban J connectivity index is 1.68. The van der Waals surface area contributed by atoms with Gasteiger partial charge in [0, 0.05) is 12.0 Å². The van der Waals surface area contributed by atoms with E-state index >= 15 is 0 Å². The van der Waals surface area contributed by atoms with Crippen LogP contribution in [-0.4, -0.2) is 33.7 Å². The maximum absolute atomic E-state index is 10.3. The van der Waals surface area contributed by atoms with Crippen LogP contribution in [0.25, 0.3) is 0 Å². The van der Waals surface area contributed by atoms with Gasteiger partial charge in [-0.15, -0.1) is 0 Å². The monoisotopic (exact) mass is 278 g/mol. The Labute approximate surface area is 121 Å². The minimum atomic E-state index is -0.109. The van der Waals surface area contributed by atoms with E-state index in [-0.39, 0.29) is 6.10 Å². The Morgan fingerprint density at radius 1 is 1.20 bits per heavy atom. The molecule has 0 aromatic carbocycles. The molecule has 2 fully saturated rings. The van der Waals surface area contributed by atoms with E-state index in [0.29, 0.717) is 12.0 Å². The van der Waals surface area contributed by atoms with Crippen molar-refractivity contribution in [2.45, 2.75) is 71.1 Å². The number of hydrogen-bond donors (Lipinski definition) is 1. The van der Waals surface area contributed by atoms with Crippen molar-refractivity contribution in [3.8, 4) is 0 Å². The van der Waals surface area contributed by atoms with E-state index in [1.807, 2.05) is 13.8 Å². The molecule has 2 aliphatic rings. The molecule has 0 spiro atoms. The molecule has 4 heteroatoms. The van der Waals surface area contributed by atoms with E-state index < -0.39 is 0 Å². The fraction of sp³-hybridized carbons (Fsp3) is 0.812. The number of aromatic nitrogens is 1. The lowest BCUT2D eigenvalue weighted by Gasteiger charge is -2.36. The van der Waals surface area contributed by atoms with Crippen LogP contribution in [0.4, 0.5) is 0 Å². The van der Waals surface area contributed by atoms with Crippen molar-refractivity contribution in [1.82, 2.24) is 9.88 Å². The summed E-state index contributed by atoms with van der Waals surface area (Å²) in [6.45, 7) is 5.86. The van der Waals surface area contributed by atoms with Crippen molar-refractivity contribution in [3.63, 3.8) is 0 Å². The first-order valence-electron chi connectivity index (χ1n) is 8.00. The van der Waals surface area contributed by atoms with E-state index in [9.17, 15) is 5.11 Å². The van der Waals surface area contributed by atoms with Crippen molar-refractivity contribution in [2.75, 3.05) is 6.54 Å². The maximum Gasteiger partial charge on any atom is 0.208 e. The highest BCUT2D eigenvalue weighted by Gasteiger charge is 2.37. The number of oxazole rings is 1. The first-order valence-corrected chi connectivity index (χ1v) is 8.00. The molecular weight excluding hydrogens is 252 g/mol. The highest BCUT2D eigenvalue weighted by Crippen LogP contribution is 2.35. The van der Waals surface area contributed by atoms with Crippen LogP contribution in [0, 0.1) is 19.8 Å². The first-order chi connectivity index (χ1) is 9.65. The predicted molar refractivity (Wildman–Crippen MR) is 77.4 cm³/mol. The fourth-order valence-corrected chi connectivity index (χ4v) is 3.90. The number of likely N-dealkylation sites (tertiary alicyclic amines) is 1. The Kier molecular flexibility index (Phi) is 4.13. The Morgan fingerprint density at radius 2 is 2.00 bits per heavy atom. The molecule has 0 radical (unpaired) electrons. The van der Waals surface area contributed by atoms with Gasteiger partial charge in [-0.1, -0.05) is 12.8 Å². The zero-order chi connectivity index (χ0) is 14.1. The molecule has 2 heterocycles. The molecule has 0 amide bonds. The highest BCUT2D eigenvalue weighted by atomic mass is 16.4. The van der Waals surface area contributed by atoms with Crippen molar-refractivity contribution >= 4 is 0 Å². The molecule has 1 saturated carbocycles. The maximum atomic E-state index is 10.3. The molecule has 1 aromatic rings. The Morgan fingerprint density at radius 3 is 2.70 bits per heavy atom. The van der Waals surface area contributed by atoms with E-state index in [0.717, 1.165) is 36.9 Å². The van der Waals surface area contributed by atoms with Gasteiger partial charge in [-0.2, -0.15) is 0 Å². The molecular formula is C16H26N2O2. The zero-order valence-corrected chi connectivity index (χ0v) is 12.6. The van der Waals surface area contributed by atoms with Gasteiger partial charge in [-0.25, -0.2) is 4.98 Å². The summed E-state index contributed by atoms with van der Waals surface area (Å²) in [6.07, 6.45) is 6.93. The molecule has 20 heavy (non-hydrogen) atoms. The molecule has 1 N–H and O–H groups in total. The molecule has 1 aliphatic heterocycles. The molecule has 112 valence electrons. The summed E-state index contributed by atoms with van der Waals surface area (Å²) in [5.74, 6) is 2.20. The van der Waals surface area contributed by atoms with Crippen LogP contribution in [0.1, 0.15) is 55.9 Å². The largest absolute Gasteiger partial charge is 0.444 e. The molecule has 0 unspecified atom stereocenters. The van der Waals surface area contributed by atoms with Crippen LogP contribution < -0.4 is 0 Å². The molecule has 1 saturated heterocycles. The second-order valence-corrected chi connectivity index (χ2v) is 6.44. The SMILES string of the molecule is Cc1nc(CN2CCC[C@@H]2[C@H]2CCCC[C@@H]2O)oc1C. The van der Waals surface area contributed by atoms with E-state index in [4.69, 9.17) is 4.42 Å². The average molecular weight is 278 g/mol. The third-order valence-electron chi connectivity index (χ3n) is 5.10. The van der Waals surface area contributed by atoms with Gasteiger partial charge >= 0.3 is 0 Å². The van der Waals surface area contributed by atoms with E-state index in [1.54, 1.807) is 0 Å². The highest BCUT2D eigenvalue weighted by molar-refractivity contribution is 5.05. The van der Waals surface area contributed by atoms with Crippen LogP contribution in [-0.2, 0) is 6.54 Å². The lowest BCUT2D eigenvalue weighted by molar-refractivity contribution is 0.0181. The van der Waals surface area contributed by atoms with Crippen molar-refractivity contribution in [2.24, 2.45) is 5.92 Å². The number of aryl methyl sites for hydroxylation is 2. The normalized spacial score (nSPS) is 31.9. The van der Waals surface area contributed by atoms with Crippen LogP contribution in [0.2, 0.25) is 0 Å². The smallest absolute Gasteiger partial charge is 0.208 e. The number of aliphatic hydroxyl groups excluding tert-OH is 1. The van der Waals surface area contributed by atoms with Gasteiger partial charge in [0.05, 0.1) is 18.3 Å². The van der Waals surface area contributed by atoms with Gasteiger partial charge in [0.25, 0.3) is 0 Å². The molecule has 3 atom stereocenters. The number of rotatable bonds is 3. The van der Waals surface area contributed by atoms with Gasteiger partial charge in [-0.3, -0.25) is 4.90 Å². The molecule has 0 bridgehead atoms. The minimum absolute atomic E-state index is 0.109. The van der Waals surface area contributed by atoms with Gasteiger partial charge in [-0.05, 0) is 46.1 Å². The van der Waals surface area contributed by atoms with E-state index in [1.165, 1.54) is 32.1 Å². The Hall–Kier alpha value is -0.870. The zero-order valence-electron chi connectivity index (χ0n) is 12.6. The third kappa shape index (κ3) is 2.77. The first kappa shape index (κ1) is 14.1. The molecule has 4 nitrogen and oxygen atoms in total. The van der Waals surface area contributed by atoms with Gasteiger partial charge < -0.3 is 9.52 Å². The predicted octanol–water partition coefficient (Wildman–Crippen LogP) is 2.81. The number of aliphatic hydroxyl groups is 1. The number of hydrogen-bond acceptors (Lipinski definition) is 4. The van der Waals surface area contributed by atoms with Crippen molar-refractivity contribution in [1.29, 1.82) is 0 Å². The molecule has 1 aromatic heterocycles. The number of nitrogens with zero attached hydrogens (tertiary/aromatic N) is 2. The quantitative estimate of drug-likeness (QED) is 0.923. The average Bonchev–Trinajstić information content (AvgIpc) is 2.98. The summed E-state index contributed by atoms with van der Waals surface area (Å²) in [5.41, 5.74) is 0.994.